The summed E-state index contributed by atoms with van der Waals surface area (Å²) in [5.41, 5.74) is 2.95. The van der Waals surface area contributed by atoms with E-state index in [-0.39, 0.29) is 6.03 Å². The maximum atomic E-state index is 12.3. The smallest absolute Gasteiger partial charge is 0.317 e. The van der Waals surface area contributed by atoms with Gasteiger partial charge < -0.3 is 14.6 Å². The monoisotopic (exact) mass is 342 g/mol. The lowest BCUT2D eigenvalue weighted by Gasteiger charge is -2.34. The minimum atomic E-state index is 0.101. The van der Waals surface area contributed by atoms with Crippen molar-refractivity contribution in [3.63, 3.8) is 0 Å². The number of carbonyl (C=O) groups is 1. The molecule has 1 aromatic carbocycles. The van der Waals surface area contributed by atoms with Crippen LogP contribution in [0.25, 0.3) is 11.1 Å². The number of carbonyl (C=O) groups excluding carboxylic acids is 1. The third-order valence-electron chi connectivity index (χ3n) is 5.29. The molecule has 1 aromatic heterocycles. The molecule has 1 aliphatic heterocycles. The Morgan fingerprint density at radius 3 is 2.76 bits per heavy atom. The Labute approximate surface area is 148 Å². The van der Waals surface area contributed by atoms with Crippen LogP contribution in [0.3, 0.4) is 0 Å². The second-order valence-electron chi connectivity index (χ2n) is 7.27. The zero-order valence-corrected chi connectivity index (χ0v) is 14.8. The van der Waals surface area contributed by atoms with Gasteiger partial charge in [0.1, 0.15) is 5.52 Å². The van der Waals surface area contributed by atoms with Crippen molar-refractivity contribution in [1.82, 2.24) is 20.1 Å². The van der Waals surface area contributed by atoms with Crippen LogP contribution in [-0.4, -0.2) is 53.0 Å². The maximum Gasteiger partial charge on any atom is 0.317 e. The highest BCUT2D eigenvalue weighted by molar-refractivity contribution is 5.74. The lowest BCUT2D eigenvalue weighted by molar-refractivity contribution is 0.127. The molecule has 0 bridgehead atoms. The Bertz CT molecular complexity index is 743. The molecule has 2 fully saturated rings. The molecule has 1 aliphatic carbocycles. The van der Waals surface area contributed by atoms with Crippen LogP contribution >= 0.6 is 0 Å². The Balaban J connectivity index is 1.29. The topological polar surface area (TPSA) is 61.6 Å². The fourth-order valence-corrected chi connectivity index (χ4v) is 3.79. The number of benzene rings is 1. The number of amides is 2. The Morgan fingerprint density at radius 2 is 2.00 bits per heavy atom. The third-order valence-corrected chi connectivity index (χ3v) is 5.29. The summed E-state index contributed by atoms with van der Waals surface area (Å²) < 4.78 is 5.84. The highest BCUT2D eigenvalue weighted by Gasteiger charge is 2.25. The number of aromatic nitrogens is 1. The first kappa shape index (κ1) is 16.4. The molecule has 1 saturated heterocycles. The van der Waals surface area contributed by atoms with E-state index in [0.29, 0.717) is 12.6 Å². The first-order valence-electron chi connectivity index (χ1n) is 9.31. The summed E-state index contributed by atoms with van der Waals surface area (Å²) in [5.74, 6) is 0.754. The number of fused-ring (bicyclic) bond motifs is 1. The molecular formula is C19H26N4O2. The summed E-state index contributed by atoms with van der Waals surface area (Å²) in [6, 6.07) is 6.55. The van der Waals surface area contributed by atoms with Crippen molar-refractivity contribution in [2.45, 2.75) is 45.2 Å². The van der Waals surface area contributed by atoms with Crippen LogP contribution in [0, 0.1) is 6.92 Å². The Hall–Kier alpha value is -2.08. The molecule has 25 heavy (non-hydrogen) atoms. The summed E-state index contributed by atoms with van der Waals surface area (Å²) >= 11 is 0. The highest BCUT2D eigenvalue weighted by atomic mass is 16.3. The lowest BCUT2D eigenvalue weighted by Crippen LogP contribution is -2.52. The van der Waals surface area contributed by atoms with Crippen LogP contribution < -0.4 is 5.32 Å². The van der Waals surface area contributed by atoms with Gasteiger partial charge in [-0.25, -0.2) is 9.78 Å². The second kappa shape index (κ2) is 7.04. The minimum Gasteiger partial charge on any atom is -0.439 e. The number of nitrogens with one attached hydrogen (secondary N) is 1. The van der Waals surface area contributed by atoms with E-state index in [1.54, 1.807) is 0 Å². The van der Waals surface area contributed by atoms with Crippen LogP contribution in [0.2, 0.25) is 0 Å². The van der Waals surface area contributed by atoms with Gasteiger partial charge in [0.05, 0.1) is 6.54 Å². The van der Waals surface area contributed by atoms with Gasteiger partial charge in [-0.15, -0.1) is 0 Å². The van der Waals surface area contributed by atoms with E-state index in [9.17, 15) is 4.79 Å². The van der Waals surface area contributed by atoms with Gasteiger partial charge in [0, 0.05) is 32.2 Å². The van der Waals surface area contributed by atoms with Gasteiger partial charge in [-0.1, -0.05) is 18.9 Å². The molecule has 0 unspecified atom stereocenters. The molecule has 2 aliphatic rings. The number of rotatable bonds is 3. The largest absolute Gasteiger partial charge is 0.439 e. The van der Waals surface area contributed by atoms with Crippen LogP contribution in [0.5, 0.6) is 0 Å². The summed E-state index contributed by atoms with van der Waals surface area (Å²) in [7, 11) is 0. The first-order valence-corrected chi connectivity index (χ1v) is 9.31. The van der Waals surface area contributed by atoms with Gasteiger partial charge in [-0.2, -0.15) is 0 Å². The molecule has 6 nitrogen and oxygen atoms in total. The number of hydrogen-bond donors (Lipinski definition) is 1. The zero-order valence-electron chi connectivity index (χ0n) is 14.8. The molecule has 134 valence electrons. The van der Waals surface area contributed by atoms with E-state index in [1.807, 2.05) is 23.1 Å². The number of urea groups is 1. The molecule has 2 aromatic rings. The van der Waals surface area contributed by atoms with Crippen molar-refractivity contribution in [3.05, 3.63) is 29.7 Å². The summed E-state index contributed by atoms with van der Waals surface area (Å²) in [5, 5.41) is 3.17. The SMILES string of the molecule is Cc1ccc2oc(CN3CCN(C(=O)NC4CCCC4)CC3)nc2c1. The first-order chi connectivity index (χ1) is 12.2. The van der Waals surface area contributed by atoms with Gasteiger partial charge in [-0.3, -0.25) is 4.90 Å². The predicted octanol–water partition coefficient (Wildman–Crippen LogP) is 2.91. The van der Waals surface area contributed by atoms with Gasteiger partial charge in [0.2, 0.25) is 5.89 Å². The molecule has 4 rings (SSSR count). The zero-order chi connectivity index (χ0) is 17.2. The molecule has 2 amide bonds. The highest BCUT2D eigenvalue weighted by Crippen LogP contribution is 2.19. The number of hydrogen-bond acceptors (Lipinski definition) is 4. The van der Waals surface area contributed by atoms with E-state index in [0.717, 1.165) is 56.0 Å². The van der Waals surface area contributed by atoms with Gasteiger partial charge in [0.25, 0.3) is 0 Å². The normalized spacial score (nSPS) is 19.6. The van der Waals surface area contributed by atoms with Crippen LogP contribution in [-0.2, 0) is 6.54 Å². The molecule has 1 saturated carbocycles. The number of piperazine rings is 1. The van der Waals surface area contributed by atoms with Crippen molar-refractivity contribution < 1.29 is 9.21 Å². The fraction of sp³-hybridized carbons (Fsp3) is 0.579. The molecule has 2 heterocycles. The van der Waals surface area contributed by atoms with Crippen molar-refractivity contribution in [2.75, 3.05) is 26.2 Å². The number of aryl methyl sites for hydroxylation is 1. The lowest BCUT2D eigenvalue weighted by atomic mass is 10.2. The summed E-state index contributed by atoms with van der Waals surface area (Å²) in [6.07, 6.45) is 4.73. The van der Waals surface area contributed by atoms with E-state index >= 15 is 0 Å². The maximum absolute atomic E-state index is 12.3. The van der Waals surface area contributed by atoms with Gasteiger partial charge in [0.15, 0.2) is 5.58 Å². The average Bonchev–Trinajstić information content (AvgIpc) is 3.24. The van der Waals surface area contributed by atoms with Crippen LogP contribution in [0.1, 0.15) is 37.1 Å². The van der Waals surface area contributed by atoms with Crippen LogP contribution in [0.15, 0.2) is 22.6 Å². The van der Waals surface area contributed by atoms with Gasteiger partial charge in [-0.05, 0) is 37.5 Å². The predicted molar refractivity (Wildman–Crippen MR) is 96.4 cm³/mol. The van der Waals surface area contributed by atoms with Crippen LogP contribution in [0.4, 0.5) is 4.79 Å². The standard InChI is InChI=1S/C19H26N4O2/c1-14-6-7-17-16(12-14)21-18(25-17)13-22-8-10-23(11-9-22)19(24)20-15-4-2-3-5-15/h6-7,12,15H,2-5,8-11,13H2,1H3,(H,20,24). The molecule has 0 atom stereocenters. The van der Waals surface area contributed by atoms with Crippen molar-refractivity contribution in [2.24, 2.45) is 0 Å². The van der Waals surface area contributed by atoms with Crippen molar-refractivity contribution in [3.8, 4) is 0 Å². The van der Waals surface area contributed by atoms with Crippen molar-refractivity contribution in [1.29, 1.82) is 0 Å². The molecule has 1 N–H and O–H groups in total. The average molecular weight is 342 g/mol. The molecular weight excluding hydrogens is 316 g/mol. The van der Waals surface area contributed by atoms with E-state index in [1.165, 1.54) is 18.4 Å². The summed E-state index contributed by atoms with van der Waals surface area (Å²) in [4.78, 5) is 21.2. The van der Waals surface area contributed by atoms with E-state index < -0.39 is 0 Å². The van der Waals surface area contributed by atoms with E-state index in [2.05, 4.69) is 22.1 Å². The quantitative estimate of drug-likeness (QED) is 0.932. The molecule has 0 spiro atoms. The Kier molecular flexibility index (Phi) is 4.61. The third kappa shape index (κ3) is 3.79. The number of oxazole rings is 1. The Morgan fingerprint density at radius 1 is 1.24 bits per heavy atom. The number of nitrogens with zero attached hydrogens (tertiary/aromatic N) is 3. The fourth-order valence-electron chi connectivity index (χ4n) is 3.79. The second-order valence-corrected chi connectivity index (χ2v) is 7.27. The minimum absolute atomic E-state index is 0.101. The van der Waals surface area contributed by atoms with Gasteiger partial charge >= 0.3 is 6.03 Å². The molecule has 6 heteroatoms. The molecule has 0 radical (unpaired) electrons. The van der Waals surface area contributed by atoms with E-state index in [4.69, 9.17) is 4.42 Å². The van der Waals surface area contributed by atoms with Crippen molar-refractivity contribution >= 4 is 17.1 Å². The summed E-state index contributed by atoms with van der Waals surface area (Å²) in [6.45, 7) is 6.00.